The molecule has 0 radical (unpaired) electrons. The van der Waals surface area contributed by atoms with Crippen LogP contribution in [0.2, 0.25) is 0 Å². The van der Waals surface area contributed by atoms with Crippen molar-refractivity contribution in [3.63, 3.8) is 0 Å². The summed E-state index contributed by atoms with van der Waals surface area (Å²) in [6.07, 6.45) is 8.67. The molecule has 1 saturated carbocycles. The highest BCUT2D eigenvalue weighted by Gasteiger charge is 2.15. The van der Waals surface area contributed by atoms with Gasteiger partial charge in [0.2, 0.25) is 0 Å². The molecule has 1 aliphatic carbocycles. The second-order valence-electron chi connectivity index (χ2n) is 4.89. The van der Waals surface area contributed by atoms with E-state index in [2.05, 4.69) is 0 Å². The minimum absolute atomic E-state index is 0.760. The van der Waals surface area contributed by atoms with Crippen molar-refractivity contribution < 1.29 is 9.53 Å². The maximum absolute atomic E-state index is 11.1. The summed E-state index contributed by atoms with van der Waals surface area (Å²) in [6, 6.07) is 5.83. The van der Waals surface area contributed by atoms with E-state index in [4.69, 9.17) is 4.74 Å². The Morgan fingerprint density at radius 3 is 2.71 bits per heavy atom. The molecule has 1 aromatic carbocycles. The summed E-state index contributed by atoms with van der Waals surface area (Å²) in [7, 11) is 1.63. The minimum Gasteiger partial charge on any atom is -0.497 e. The van der Waals surface area contributed by atoms with Crippen LogP contribution in [0.3, 0.4) is 0 Å². The standard InChI is InChI=1S/C15H20O2/c1-17-15-8-7-13(14(10-15)11-16)9-12-5-3-2-4-6-12/h7-8,10-12H,2-6,9H2,1H3. The van der Waals surface area contributed by atoms with E-state index in [0.29, 0.717) is 0 Å². The van der Waals surface area contributed by atoms with Gasteiger partial charge in [0.1, 0.15) is 12.0 Å². The van der Waals surface area contributed by atoms with Gasteiger partial charge in [0.05, 0.1) is 7.11 Å². The van der Waals surface area contributed by atoms with E-state index in [0.717, 1.165) is 29.9 Å². The molecule has 92 valence electrons. The molecule has 1 aromatic rings. The Kier molecular flexibility index (Phi) is 4.18. The van der Waals surface area contributed by atoms with Crippen molar-refractivity contribution in [3.8, 4) is 5.75 Å². The molecule has 1 aliphatic rings. The lowest BCUT2D eigenvalue weighted by atomic mass is 9.84. The molecule has 0 heterocycles. The molecule has 0 atom stereocenters. The Labute approximate surface area is 103 Å². The number of carbonyl (C=O) groups excluding carboxylic acids is 1. The van der Waals surface area contributed by atoms with Gasteiger partial charge in [-0.25, -0.2) is 0 Å². The van der Waals surface area contributed by atoms with Crippen molar-refractivity contribution in [1.29, 1.82) is 0 Å². The van der Waals surface area contributed by atoms with E-state index in [1.807, 2.05) is 18.2 Å². The van der Waals surface area contributed by atoms with Crippen molar-refractivity contribution in [3.05, 3.63) is 29.3 Å². The summed E-state index contributed by atoms with van der Waals surface area (Å²) in [5.41, 5.74) is 1.96. The quantitative estimate of drug-likeness (QED) is 0.741. The normalized spacial score (nSPS) is 16.8. The fourth-order valence-corrected chi connectivity index (χ4v) is 2.70. The Morgan fingerprint density at radius 2 is 2.06 bits per heavy atom. The first kappa shape index (κ1) is 12.2. The Bertz CT molecular complexity index is 379. The van der Waals surface area contributed by atoms with Crippen LogP contribution >= 0.6 is 0 Å². The van der Waals surface area contributed by atoms with Gasteiger partial charge in [-0.2, -0.15) is 0 Å². The van der Waals surface area contributed by atoms with E-state index in [1.54, 1.807) is 7.11 Å². The third kappa shape index (κ3) is 3.09. The lowest BCUT2D eigenvalue weighted by molar-refractivity contribution is 0.112. The number of carbonyl (C=O) groups is 1. The largest absolute Gasteiger partial charge is 0.497 e. The summed E-state index contributed by atoms with van der Waals surface area (Å²) in [4.78, 5) is 11.1. The number of aldehydes is 1. The first-order valence-electron chi connectivity index (χ1n) is 6.45. The summed E-state index contributed by atoms with van der Waals surface area (Å²) >= 11 is 0. The second kappa shape index (κ2) is 5.85. The first-order valence-corrected chi connectivity index (χ1v) is 6.45. The van der Waals surface area contributed by atoms with Crippen molar-refractivity contribution in [1.82, 2.24) is 0 Å². The van der Waals surface area contributed by atoms with Gasteiger partial charge in [-0.1, -0.05) is 38.2 Å². The first-order chi connectivity index (χ1) is 8.33. The molecule has 0 amide bonds. The predicted molar refractivity (Wildman–Crippen MR) is 68.7 cm³/mol. The zero-order valence-electron chi connectivity index (χ0n) is 10.4. The molecule has 0 bridgehead atoms. The van der Waals surface area contributed by atoms with Crippen LogP contribution in [0, 0.1) is 5.92 Å². The number of rotatable bonds is 4. The summed E-state index contributed by atoms with van der Waals surface area (Å²) < 4.78 is 5.14. The van der Waals surface area contributed by atoms with E-state index in [9.17, 15) is 4.79 Å². The van der Waals surface area contributed by atoms with E-state index < -0.39 is 0 Å². The van der Waals surface area contributed by atoms with Crippen molar-refractivity contribution in [2.45, 2.75) is 38.5 Å². The van der Waals surface area contributed by atoms with Crippen molar-refractivity contribution in [2.24, 2.45) is 5.92 Å². The smallest absolute Gasteiger partial charge is 0.150 e. The molecule has 0 spiro atoms. The number of hydrogen-bond acceptors (Lipinski definition) is 2. The summed E-state index contributed by atoms with van der Waals surface area (Å²) in [5, 5.41) is 0. The van der Waals surface area contributed by atoms with Gasteiger partial charge in [-0.3, -0.25) is 4.79 Å². The van der Waals surface area contributed by atoms with Crippen molar-refractivity contribution >= 4 is 6.29 Å². The van der Waals surface area contributed by atoms with Crippen LogP contribution in [0.5, 0.6) is 5.75 Å². The van der Waals surface area contributed by atoms with Crippen LogP contribution in [0.4, 0.5) is 0 Å². The average molecular weight is 232 g/mol. The SMILES string of the molecule is COc1ccc(CC2CCCCC2)c(C=O)c1. The number of benzene rings is 1. The van der Waals surface area contributed by atoms with Gasteiger partial charge in [-0.05, 0) is 30.0 Å². The predicted octanol–water partition coefficient (Wildman–Crippen LogP) is 3.63. The van der Waals surface area contributed by atoms with Crippen molar-refractivity contribution in [2.75, 3.05) is 7.11 Å². The van der Waals surface area contributed by atoms with Gasteiger partial charge >= 0.3 is 0 Å². The summed E-state index contributed by atoms with van der Waals surface area (Å²) in [5.74, 6) is 1.52. The van der Waals surface area contributed by atoms with E-state index in [1.165, 1.54) is 37.7 Å². The third-order valence-electron chi connectivity index (χ3n) is 3.71. The molecule has 0 aliphatic heterocycles. The molecule has 0 saturated heterocycles. The van der Waals surface area contributed by atoms with Crippen LogP contribution in [0.1, 0.15) is 48.0 Å². The highest BCUT2D eigenvalue weighted by Crippen LogP contribution is 2.28. The second-order valence-corrected chi connectivity index (χ2v) is 4.89. The van der Waals surface area contributed by atoms with Crippen LogP contribution in [-0.4, -0.2) is 13.4 Å². The fourth-order valence-electron chi connectivity index (χ4n) is 2.70. The Balaban J connectivity index is 2.11. The Hall–Kier alpha value is -1.31. The van der Waals surface area contributed by atoms with Crippen LogP contribution in [0.25, 0.3) is 0 Å². The fraction of sp³-hybridized carbons (Fsp3) is 0.533. The zero-order valence-corrected chi connectivity index (χ0v) is 10.4. The van der Waals surface area contributed by atoms with Crippen LogP contribution in [-0.2, 0) is 6.42 Å². The lowest BCUT2D eigenvalue weighted by Crippen LogP contribution is -2.10. The minimum atomic E-state index is 0.760. The molecule has 1 fully saturated rings. The molecule has 2 heteroatoms. The molecular formula is C15H20O2. The number of methoxy groups -OCH3 is 1. The monoisotopic (exact) mass is 232 g/mol. The zero-order chi connectivity index (χ0) is 12.1. The number of ether oxygens (including phenoxy) is 1. The molecule has 2 nitrogen and oxygen atoms in total. The van der Waals surface area contributed by atoms with Crippen LogP contribution < -0.4 is 4.74 Å². The molecular weight excluding hydrogens is 212 g/mol. The highest BCUT2D eigenvalue weighted by atomic mass is 16.5. The van der Waals surface area contributed by atoms with Gasteiger partial charge in [0.25, 0.3) is 0 Å². The molecule has 0 N–H and O–H groups in total. The van der Waals surface area contributed by atoms with Gasteiger partial charge in [0, 0.05) is 5.56 Å². The topological polar surface area (TPSA) is 26.3 Å². The summed E-state index contributed by atoms with van der Waals surface area (Å²) in [6.45, 7) is 0. The van der Waals surface area contributed by atoms with E-state index in [-0.39, 0.29) is 0 Å². The average Bonchev–Trinajstić information content (AvgIpc) is 2.40. The lowest BCUT2D eigenvalue weighted by Gasteiger charge is -2.22. The molecule has 17 heavy (non-hydrogen) atoms. The van der Waals surface area contributed by atoms with E-state index >= 15 is 0 Å². The highest BCUT2D eigenvalue weighted by molar-refractivity contribution is 5.78. The number of hydrogen-bond donors (Lipinski definition) is 0. The Morgan fingerprint density at radius 1 is 1.29 bits per heavy atom. The molecule has 0 unspecified atom stereocenters. The van der Waals surface area contributed by atoms with Gasteiger partial charge in [-0.15, -0.1) is 0 Å². The molecule has 0 aromatic heterocycles. The van der Waals surface area contributed by atoms with Crippen LogP contribution in [0.15, 0.2) is 18.2 Å². The van der Waals surface area contributed by atoms with Gasteiger partial charge < -0.3 is 4.74 Å². The third-order valence-corrected chi connectivity index (χ3v) is 3.71. The van der Waals surface area contributed by atoms with Gasteiger partial charge in [0.15, 0.2) is 0 Å². The maximum atomic E-state index is 11.1. The molecule has 2 rings (SSSR count). The maximum Gasteiger partial charge on any atom is 0.150 e.